The van der Waals surface area contributed by atoms with E-state index in [1.807, 2.05) is 42.6 Å². The van der Waals surface area contributed by atoms with Crippen molar-refractivity contribution in [3.05, 3.63) is 107 Å². The predicted octanol–water partition coefficient (Wildman–Crippen LogP) is 5.97. The zero-order valence-corrected chi connectivity index (χ0v) is 27.1. The molecule has 0 bridgehead atoms. The third-order valence-electron chi connectivity index (χ3n) is 7.14. The van der Waals surface area contributed by atoms with E-state index in [2.05, 4.69) is 28.1 Å². The number of rotatable bonds is 14. The Morgan fingerprint density at radius 2 is 1.65 bits per heavy atom. The molecule has 1 N–H and O–H groups in total. The smallest absolute Gasteiger partial charge is 0.337 e. The monoisotopic (exact) mass is 662 g/mol. The van der Waals surface area contributed by atoms with Gasteiger partial charge in [0.05, 0.1) is 60.8 Å². The van der Waals surface area contributed by atoms with Gasteiger partial charge in [0.2, 0.25) is 0 Å². The number of benzene rings is 3. The number of esters is 1. The van der Waals surface area contributed by atoms with E-state index in [1.54, 1.807) is 25.3 Å². The van der Waals surface area contributed by atoms with Crippen LogP contribution in [0.4, 0.5) is 5.69 Å². The topological polar surface area (TPSA) is 124 Å². The Morgan fingerprint density at radius 1 is 0.935 bits per heavy atom. The molecule has 0 saturated heterocycles. The number of nitrogens with zero attached hydrogens (tertiary/aromatic N) is 2. The first kappa shape index (κ1) is 33.2. The van der Waals surface area contributed by atoms with Gasteiger partial charge in [0, 0.05) is 31.1 Å². The average Bonchev–Trinajstić information content (AvgIpc) is 3.47. The van der Waals surface area contributed by atoms with Gasteiger partial charge in [0.1, 0.15) is 5.01 Å². The maximum absolute atomic E-state index is 12.1. The molecule has 1 aliphatic rings. The summed E-state index contributed by atoms with van der Waals surface area (Å²) in [5.74, 6) is -0.428. The van der Waals surface area contributed by atoms with Crippen LogP contribution in [-0.2, 0) is 29.1 Å². The van der Waals surface area contributed by atoms with Crippen molar-refractivity contribution in [1.82, 2.24) is 4.98 Å². The molecule has 0 saturated carbocycles. The van der Waals surface area contributed by atoms with E-state index in [-0.39, 0.29) is 4.90 Å². The van der Waals surface area contributed by atoms with E-state index in [4.69, 9.17) is 18.9 Å². The highest BCUT2D eigenvalue weighted by atomic mass is 32.2. The quantitative estimate of drug-likeness (QED) is 0.0982. The van der Waals surface area contributed by atoms with Crippen molar-refractivity contribution in [2.75, 3.05) is 58.7 Å². The number of hydrogen-bond donors (Lipinski definition) is 1. The van der Waals surface area contributed by atoms with Gasteiger partial charge in [0.15, 0.2) is 0 Å². The Morgan fingerprint density at radius 3 is 2.39 bits per heavy atom. The molecule has 5 rings (SSSR count). The maximum atomic E-state index is 12.1. The molecular weight excluding hydrogens is 629 g/mol. The summed E-state index contributed by atoms with van der Waals surface area (Å²) in [6.07, 6.45) is 8.05. The fourth-order valence-electron chi connectivity index (χ4n) is 4.83. The molecule has 46 heavy (non-hydrogen) atoms. The summed E-state index contributed by atoms with van der Waals surface area (Å²) in [5.41, 5.74) is 5.59. The molecule has 0 unspecified atom stereocenters. The third kappa shape index (κ3) is 8.35. The Bertz CT molecular complexity index is 1880. The molecule has 1 aliphatic heterocycles. The van der Waals surface area contributed by atoms with Crippen molar-refractivity contribution in [1.29, 1.82) is 0 Å². The van der Waals surface area contributed by atoms with Crippen LogP contribution in [0.15, 0.2) is 90.0 Å². The lowest BCUT2D eigenvalue weighted by Crippen LogP contribution is -2.25. The fourth-order valence-corrected chi connectivity index (χ4v) is 6.23. The molecule has 2 heterocycles. The Balaban J connectivity index is 1.45. The number of hydrogen-bond acceptors (Lipinski definition) is 10. The molecule has 0 atom stereocenters. The van der Waals surface area contributed by atoms with Gasteiger partial charge in [-0.15, -0.1) is 11.3 Å². The van der Waals surface area contributed by atoms with Gasteiger partial charge >= 0.3 is 5.97 Å². The molecule has 4 aromatic rings. The molecule has 12 heteroatoms. The van der Waals surface area contributed by atoms with E-state index >= 15 is 0 Å². The van der Waals surface area contributed by atoms with Crippen LogP contribution in [-0.4, -0.2) is 77.7 Å². The summed E-state index contributed by atoms with van der Waals surface area (Å²) in [4.78, 5) is 18.7. The highest BCUT2D eigenvalue weighted by Crippen LogP contribution is 2.36. The normalized spacial score (nSPS) is 14.2. The maximum Gasteiger partial charge on any atom is 0.337 e. The number of aromatic nitrogens is 1. The third-order valence-corrected chi connectivity index (χ3v) is 8.97. The molecule has 0 fully saturated rings. The molecule has 1 aromatic heterocycles. The molecule has 10 nitrogen and oxygen atoms in total. The largest absolute Gasteiger partial charge is 0.465 e. The van der Waals surface area contributed by atoms with Crippen LogP contribution in [0.5, 0.6) is 0 Å². The summed E-state index contributed by atoms with van der Waals surface area (Å²) < 4.78 is 54.7. The van der Waals surface area contributed by atoms with Gasteiger partial charge < -0.3 is 23.8 Å². The van der Waals surface area contributed by atoms with Crippen LogP contribution in [0.3, 0.4) is 0 Å². The second-order valence-corrected chi connectivity index (χ2v) is 12.7. The van der Waals surface area contributed by atoms with Gasteiger partial charge in [-0.05, 0) is 71.3 Å². The van der Waals surface area contributed by atoms with Gasteiger partial charge in [-0.3, -0.25) is 4.55 Å². The van der Waals surface area contributed by atoms with Crippen molar-refractivity contribution in [3.63, 3.8) is 0 Å². The Hall–Kier alpha value is -4.17. The zero-order chi connectivity index (χ0) is 32.5. The molecule has 3 aromatic carbocycles. The molecule has 0 aliphatic carbocycles. The van der Waals surface area contributed by atoms with Gasteiger partial charge in [-0.2, -0.15) is 8.42 Å². The summed E-state index contributed by atoms with van der Waals surface area (Å²) >= 11 is 1.40. The first-order valence-electron chi connectivity index (χ1n) is 14.5. The lowest BCUT2D eigenvalue weighted by atomic mass is 9.95. The minimum atomic E-state index is -4.36. The predicted molar refractivity (Wildman–Crippen MR) is 180 cm³/mol. The van der Waals surface area contributed by atoms with Crippen LogP contribution >= 0.6 is 11.3 Å². The van der Waals surface area contributed by atoms with Gasteiger partial charge in [0.25, 0.3) is 10.1 Å². The summed E-state index contributed by atoms with van der Waals surface area (Å²) in [6, 6.07) is 19.6. The minimum Gasteiger partial charge on any atom is -0.465 e. The van der Waals surface area contributed by atoms with Crippen LogP contribution in [0.2, 0.25) is 0 Å². The highest BCUT2D eigenvalue weighted by molar-refractivity contribution is 7.85. The van der Waals surface area contributed by atoms with Crippen LogP contribution in [0.1, 0.15) is 26.5 Å². The van der Waals surface area contributed by atoms with Crippen molar-refractivity contribution < 1.29 is 36.7 Å². The highest BCUT2D eigenvalue weighted by Gasteiger charge is 2.17. The first-order chi connectivity index (χ1) is 22.3. The van der Waals surface area contributed by atoms with E-state index in [9.17, 15) is 17.8 Å². The summed E-state index contributed by atoms with van der Waals surface area (Å²) in [6.45, 7) is 3.29. The SMILES string of the molecule is COCCOCCOCCN1C=C/C(=C\C(=C\c2nc3cc(S(=O)(=O)O)ccc3s2)c2ccc(C(=O)OC)cc2)c2ccccc21. The van der Waals surface area contributed by atoms with Crippen molar-refractivity contribution >= 4 is 60.6 Å². The van der Waals surface area contributed by atoms with Crippen molar-refractivity contribution in [2.45, 2.75) is 4.90 Å². The zero-order valence-electron chi connectivity index (χ0n) is 25.4. The summed E-state index contributed by atoms with van der Waals surface area (Å²) in [7, 11) is -1.38. The van der Waals surface area contributed by atoms with E-state index in [1.165, 1.54) is 30.6 Å². The summed E-state index contributed by atoms with van der Waals surface area (Å²) in [5, 5.41) is 0.643. The number of ether oxygens (including phenoxy) is 4. The molecule has 0 radical (unpaired) electrons. The number of fused-ring (bicyclic) bond motifs is 2. The Kier molecular flexibility index (Phi) is 11.1. The molecular formula is C34H34N2O8S2. The number of thiazole rings is 1. The number of anilines is 1. The number of carbonyl (C=O) groups is 1. The van der Waals surface area contributed by atoms with Crippen molar-refractivity contribution in [3.8, 4) is 0 Å². The minimum absolute atomic E-state index is 0.212. The lowest BCUT2D eigenvalue weighted by Gasteiger charge is -2.28. The second kappa shape index (κ2) is 15.4. The fraction of sp³-hybridized carbons (Fsp3) is 0.235. The first-order valence-corrected chi connectivity index (χ1v) is 16.7. The number of methoxy groups -OCH3 is 2. The molecule has 0 amide bonds. The number of para-hydroxylation sites is 1. The average molecular weight is 663 g/mol. The van der Waals surface area contributed by atoms with E-state index in [0.29, 0.717) is 55.7 Å². The Labute approximate surface area is 271 Å². The van der Waals surface area contributed by atoms with E-state index < -0.39 is 16.1 Å². The second-order valence-electron chi connectivity index (χ2n) is 10.2. The van der Waals surface area contributed by atoms with Gasteiger partial charge in [-0.1, -0.05) is 30.3 Å². The van der Waals surface area contributed by atoms with Crippen LogP contribution in [0, 0.1) is 0 Å². The number of allylic oxidation sites excluding steroid dienone is 4. The van der Waals surface area contributed by atoms with Gasteiger partial charge in [-0.25, -0.2) is 9.78 Å². The van der Waals surface area contributed by atoms with Crippen LogP contribution < -0.4 is 4.90 Å². The molecule has 0 spiro atoms. The standard InChI is InChI=1S/C34H34N2O8S2/c1-41-17-18-44-20-19-43-16-15-36-14-13-26(29-5-3-4-6-31(29)36)21-27(24-7-9-25(10-8-24)34(37)42-2)22-33-35-30-23-28(46(38,39)40)11-12-32(30)45-33/h3-14,21-23H,15-20H2,1-2H3,(H,38,39,40)/b26-21+,27-22-. The van der Waals surface area contributed by atoms with Crippen LogP contribution in [0.25, 0.3) is 27.4 Å². The van der Waals surface area contributed by atoms with E-state index in [0.717, 1.165) is 32.7 Å². The lowest BCUT2D eigenvalue weighted by molar-refractivity contribution is 0.0267. The molecule has 240 valence electrons. The van der Waals surface area contributed by atoms with Crippen molar-refractivity contribution in [2.24, 2.45) is 0 Å². The number of carbonyl (C=O) groups excluding carboxylic acids is 1.